The number of hydrogen-bond acceptors (Lipinski definition) is 5. The number of amides is 2. The molecule has 2 atom stereocenters. The lowest BCUT2D eigenvalue weighted by Crippen LogP contribution is -2.48. The summed E-state index contributed by atoms with van der Waals surface area (Å²) in [6.07, 6.45) is 0.743. The molecule has 2 unspecified atom stereocenters. The molecule has 0 radical (unpaired) electrons. The summed E-state index contributed by atoms with van der Waals surface area (Å²) in [6.45, 7) is 4.67. The third-order valence-electron chi connectivity index (χ3n) is 3.33. The quantitative estimate of drug-likeness (QED) is 0.864. The van der Waals surface area contributed by atoms with Gasteiger partial charge in [0.25, 0.3) is 0 Å². The van der Waals surface area contributed by atoms with Crippen LogP contribution < -0.4 is 5.32 Å². The van der Waals surface area contributed by atoms with E-state index in [0.29, 0.717) is 11.7 Å². The molecule has 1 aliphatic heterocycles. The Labute approximate surface area is 126 Å². The summed E-state index contributed by atoms with van der Waals surface area (Å²) in [5.74, 6) is -1.61. The number of anilines is 1. The average molecular weight is 313 g/mol. The molecule has 7 nitrogen and oxygen atoms in total. The number of thiazole rings is 1. The smallest absolute Gasteiger partial charge is 0.324 e. The highest BCUT2D eigenvalue weighted by Gasteiger charge is 2.39. The molecule has 116 valence electrons. The number of carboxylic acid groups (broad SMARTS) is 1. The molecule has 21 heavy (non-hydrogen) atoms. The lowest BCUT2D eigenvalue weighted by molar-refractivity contribution is -0.142. The molecule has 1 aromatic rings. The molecule has 0 spiro atoms. The molecule has 2 rings (SSSR count). The maximum Gasteiger partial charge on any atom is 0.324 e. The molecule has 0 bridgehead atoms. The number of rotatable bonds is 5. The molecule has 0 saturated carbocycles. The summed E-state index contributed by atoms with van der Waals surface area (Å²) in [5, 5.41) is 14.3. The first-order valence-corrected chi connectivity index (χ1v) is 7.71. The minimum Gasteiger partial charge on any atom is -0.481 e. The van der Waals surface area contributed by atoms with E-state index in [9.17, 15) is 14.7 Å². The van der Waals surface area contributed by atoms with Gasteiger partial charge in [-0.15, -0.1) is 11.3 Å². The van der Waals surface area contributed by atoms with Crippen LogP contribution in [-0.2, 0) is 9.53 Å². The van der Waals surface area contributed by atoms with Crippen molar-refractivity contribution in [2.24, 2.45) is 5.92 Å². The van der Waals surface area contributed by atoms with E-state index in [-0.39, 0.29) is 19.2 Å². The molecule has 0 aromatic carbocycles. The minimum absolute atomic E-state index is 0.143. The number of aromatic nitrogens is 1. The van der Waals surface area contributed by atoms with Gasteiger partial charge in [0.15, 0.2) is 5.13 Å². The van der Waals surface area contributed by atoms with Gasteiger partial charge in [-0.1, -0.05) is 6.92 Å². The van der Waals surface area contributed by atoms with E-state index in [4.69, 9.17) is 4.74 Å². The van der Waals surface area contributed by atoms with Crippen molar-refractivity contribution in [3.63, 3.8) is 0 Å². The van der Waals surface area contributed by atoms with Crippen molar-refractivity contribution in [3.05, 3.63) is 11.1 Å². The SMILES string of the molecule is CCCN(C(=O)Nc1nc(C)cs1)C1COCC1C(=O)O. The first-order chi connectivity index (χ1) is 10.0. The second-order valence-corrected chi connectivity index (χ2v) is 5.83. The largest absolute Gasteiger partial charge is 0.481 e. The highest BCUT2D eigenvalue weighted by atomic mass is 32.1. The van der Waals surface area contributed by atoms with Crippen molar-refractivity contribution in [3.8, 4) is 0 Å². The molecule has 2 amide bonds. The minimum atomic E-state index is -0.934. The second kappa shape index (κ2) is 6.86. The van der Waals surface area contributed by atoms with E-state index in [0.717, 1.165) is 12.1 Å². The summed E-state index contributed by atoms with van der Waals surface area (Å²) < 4.78 is 5.25. The lowest BCUT2D eigenvalue weighted by Gasteiger charge is -2.29. The number of hydrogen-bond donors (Lipinski definition) is 2. The number of aryl methyl sites for hydroxylation is 1. The number of aliphatic carboxylic acids is 1. The summed E-state index contributed by atoms with van der Waals surface area (Å²) in [7, 11) is 0. The van der Waals surface area contributed by atoms with Crippen LogP contribution in [0.25, 0.3) is 0 Å². The summed E-state index contributed by atoms with van der Waals surface area (Å²) in [4.78, 5) is 29.4. The van der Waals surface area contributed by atoms with Crippen molar-refractivity contribution < 1.29 is 19.4 Å². The Kier molecular flexibility index (Phi) is 5.13. The number of carbonyl (C=O) groups excluding carboxylic acids is 1. The summed E-state index contributed by atoms with van der Waals surface area (Å²) in [5.41, 5.74) is 0.838. The second-order valence-electron chi connectivity index (χ2n) is 4.97. The zero-order valence-corrected chi connectivity index (χ0v) is 12.9. The Morgan fingerprint density at radius 3 is 2.90 bits per heavy atom. The Hall–Kier alpha value is -1.67. The van der Waals surface area contributed by atoms with Gasteiger partial charge < -0.3 is 14.7 Å². The summed E-state index contributed by atoms with van der Waals surface area (Å²) >= 11 is 1.35. The molecule has 2 N–H and O–H groups in total. The monoisotopic (exact) mass is 313 g/mol. The Morgan fingerprint density at radius 1 is 1.57 bits per heavy atom. The van der Waals surface area contributed by atoms with Crippen molar-refractivity contribution >= 4 is 28.5 Å². The van der Waals surface area contributed by atoms with Gasteiger partial charge in [0.2, 0.25) is 0 Å². The van der Waals surface area contributed by atoms with E-state index in [1.54, 1.807) is 4.90 Å². The first-order valence-electron chi connectivity index (χ1n) is 6.83. The van der Waals surface area contributed by atoms with E-state index in [2.05, 4.69) is 10.3 Å². The average Bonchev–Trinajstić information content (AvgIpc) is 3.05. The third-order valence-corrected chi connectivity index (χ3v) is 4.20. The van der Waals surface area contributed by atoms with Gasteiger partial charge in [-0.05, 0) is 13.3 Å². The predicted molar refractivity (Wildman–Crippen MR) is 78.6 cm³/mol. The zero-order chi connectivity index (χ0) is 15.4. The number of carbonyl (C=O) groups is 2. The molecular formula is C13H19N3O4S. The van der Waals surface area contributed by atoms with Crippen LogP contribution in [-0.4, -0.2) is 52.8 Å². The van der Waals surface area contributed by atoms with Gasteiger partial charge in [-0.2, -0.15) is 0 Å². The molecule has 2 heterocycles. The van der Waals surface area contributed by atoms with E-state index in [1.807, 2.05) is 19.2 Å². The molecular weight excluding hydrogens is 294 g/mol. The molecule has 0 aliphatic carbocycles. The fourth-order valence-electron chi connectivity index (χ4n) is 2.32. The number of ether oxygens (including phenoxy) is 1. The van der Waals surface area contributed by atoms with Crippen molar-refractivity contribution in [2.45, 2.75) is 26.3 Å². The van der Waals surface area contributed by atoms with E-state index < -0.39 is 17.9 Å². The van der Waals surface area contributed by atoms with Crippen LogP contribution in [0.2, 0.25) is 0 Å². The topological polar surface area (TPSA) is 91.8 Å². The van der Waals surface area contributed by atoms with Gasteiger partial charge in [0.1, 0.15) is 5.92 Å². The lowest BCUT2D eigenvalue weighted by atomic mass is 10.0. The molecule has 8 heteroatoms. The zero-order valence-electron chi connectivity index (χ0n) is 12.0. The molecule has 1 aliphatic rings. The number of nitrogens with one attached hydrogen (secondary N) is 1. The van der Waals surface area contributed by atoms with E-state index in [1.165, 1.54) is 11.3 Å². The molecule has 1 aromatic heterocycles. The number of urea groups is 1. The maximum atomic E-state index is 12.4. The maximum absolute atomic E-state index is 12.4. The van der Waals surface area contributed by atoms with Gasteiger partial charge in [-0.25, -0.2) is 9.78 Å². The third kappa shape index (κ3) is 3.70. The fraction of sp³-hybridized carbons (Fsp3) is 0.615. The fourth-order valence-corrected chi connectivity index (χ4v) is 3.00. The van der Waals surface area contributed by atoms with E-state index >= 15 is 0 Å². The van der Waals surface area contributed by atoms with Crippen LogP contribution in [0.5, 0.6) is 0 Å². The van der Waals surface area contributed by atoms with Crippen LogP contribution in [0.3, 0.4) is 0 Å². The van der Waals surface area contributed by atoms with Gasteiger partial charge in [-0.3, -0.25) is 10.1 Å². The standard InChI is InChI=1S/C13H19N3O4S/c1-3-4-16(10-6-20-5-9(10)11(17)18)13(19)15-12-14-8(2)7-21-12/h7,9-10H,3-6H2,1-2H3,(H,17,18)(H,14,15,19). The molecule has 1 fully saturated rings. The normalized spacial score (nSPS) is 21.2. The molecule has 1 saturated heterocycles. The van der Waals surface area contributed by atoms with Crippen LogP contribution in [0.15, 0.2) is 5.38 Å². The highest BCUT2D eigenvalue weighted by molar-refractivity contribution is 7.13. The van der Waals surface area contributed by atoms with Crippen LogP contribution >= 0.6 is 11.3 Å². The number of nitrogens with zero attached hydrogens (tertiary/aromatic N) is 2. The van der Waals surface area contributed by atoms with Crippen molar-refractivity contribution in [1.82, 2.24) is 9.88 Å². The van der Waals surface area contributed by atoms with Crippen molar-refractivity contribution in [2.75, 3.05) is 25.1 Å². The highest BCUT2D eigenvalue weighted by Crippen LogP contribution is 2.22. The Balaban J connectivity index is 2.10. The summed E-state index contributed by atoms with van der Waals surface area (Å²) in [6, 6.07) is -0.767. The van der Waals surface area contributed by atoms with Gasteiger partial charge in [0.05, 0.1) is 24.9 Å². The number of carboxylic acids is 1. The first kappa shape index (κ1) is 15.7. The Morgan fingerprint density at radius 2 is 2.33 bits per heavy atom. The van der Waals surface area contributed by atoms with Gasteiger partial charge >= 0.3 is 12.0 Å². The van der Waals surface area contributed by atoms with Gasteiger partial charge in [0, 0.05) is 11.9 Å². The Bertz CT molecular complexity index is 519. The van der Waals surface area contributed by atoms with Crippen LogP contribution in [0, 0.1) is 12.8 Å². The predicted octanol–water partition coefficient (Wildman–Crippen LogP) is 1.80. The van der Waals surface area contributed by atoms with Crippen molar-refractivity contribution in [1.29, 1.82) is 0 Å². The van der Waals surface area contributed by atoms with Crippen LogP contribution in [0.1, 0.15) is 19.0 Å². The van der Waals surface area contributed by atoms with Crippen LogP contribution in [0.4, 0.5) is 9.93 Å².